The normalized spacial score (nSPS) is 10.8. The summed E-state index contributed by atoms with van der Waals surface area (Å²) < 4.78 is 3.60. The van der Waals surface area contributed by atoms with Gasteiger partial charge in [-0.2, -0.15) is 10.2 Å². The Hall–Kier alpha value is -2.09. The molecule has 0 aliphatic heterocycles. The van der Waals surface area contributed by atoms with Crippen molar-refractivity contribution in [3.63, 3.8) is 0 Å². The van der Waals surface area contributed by atoms with Gasteiger partial charge in [-0.15, -0.1) is 0 Å². The van der Waals surface area contributed by atoms with Gasteiger partial charge in [0, 0.05) is 34.4 Å². The van der Waals surface area contributed by atoms with Gasteiger partial charge in [0.15, 0.2) is 10.9 Å². The predicted octanol–water partition coefficient (Wildman–Crippen LogP) is 4.40. The summed E-state index contributed by atoms with van der Waals surface area (Å²) in [6, 6.07) is 7.36. The SMILES string of the molecule is Cc1c(NC(=S)Nc2cc(C)n(Cc3c(Cl)cccc3Cl)n2)cnn1C. The molecule has 0 saturated heterocycles. The molecule has 2 N–H and O–H groups in total. The number of aryl methyl sites for hydroxylation is 2. The summed E-state index contributed by atoms with van der Waals surface area (Å²) in [4.78, 5) is 0. The minimum Gasteiger partial charge on any atom is -0.330 e. The molecule has 0 spiro atoms. The van der Waals surface area contributed by atoms with Crippen LogP contribution in [0, 0.1) is 13.8 Å². The van der Waals surface area contributed by atoms with Crippen LogP contribution < -0.4 is 10.6 Å². The van der Waals surface area contributed by atoms with E-state index in [4.69, 9.17) is 35.4 Å². The first-order valence-electron chi connectivity index (χ1n) is 7.89. The van der Waals surface area contributed by atoms with Crippen molar-refractivity contribution in [2.45, 2.75) is 20.4 Å². The van der Waals surface area contributed by atoms with Crippen LogP contribution in [0.2, 0.25) is 10.0 Å². The fourth-order valence-corrected chi connectivity index (χ4v) is 3.19. The molecule has 2 aromatic heterocycles. The molecule has 0 bridgehead atoms. The maximum atomic E-state index is 6.25. The predicted molar refractivity (Wildman–Crippen MR) is 110 cm³/mol. The Bertz CT molecular complexity index is 942. The third-order valence-corrected chi connectivity index (χ3v) is 4.99. The van der Waals surface area contributed by atoms with E-state index in [0.717, 1.165) is 22.6 Å². The van der Waals surface area contributed by atoms with E-state index in [1.807, 2.05) is 49.8 Å². The quantitative estimate of drug-likeness (QED) is 0.626. The second-order valence-electron chi connectivity index (χ2n) is 5.88. The van der Waals surface area contributed by atoms with Gasteiger partial charge in [-0.3, -0.25) is 9.36 Å². The molecule has 6 nitrogen and oxygen atoms in total. The summed E-state index contributed by atoms with van der Waals surface area (Å²) in [6.45, 7) is 4.41. The smallest absolute Gasteiger partial charge is 0.176 e. The Morgan fingerprint density at radius 1 is 1.19 bits per heavy atom. The van der Waals surface area contributed by atoms with Gasteiger partial charge in [0.25, 0.3) is 0 Å². The van der Waals surface area contributed by atoms with Gasteiger partial charge in [-0.05, 0) is 38.2 Å². The number of benzene rings is 1. The van der Waals surface area contributed by atoms with Gasteiger partial charge >= 0.3 is 0 Å². The van der Waals surface area contributed by atoms with Gasteiger partial charge in [-0.1, -0.05) is 29.3 Å². The highest BCUT2D eigenvalue weighted by Gasteiger charge is 2.12. The summed E-state index contributed by atoms with van der Waals surface area (Å²) >= 11 is 17.9. The van der Waals surface area contributed by atoms with Crippen LogP contribution in [0.4, 0.5) is 11.5 Å². The molecule has 0 atom stereocenters. The van der Waals surface area contributed by atoms with E-state index >= 15 is 0 Å². The molecule has 0 aliphatic carbocycles. The zero-order valence-electron chi connectivity index (χ0n) is 14.5. The highest BCUT2D eigenvalue weighted by Crippen LogP contribution is 2.25. The number of hydrogen-bond acceptors (Lipinski definition) is 3. The molecule has 0 unspecified atom stereocenters. The van der Waals surface area contributed by atoms with Crippen LogP contribution >= 0.6 is 35.4 Å². The van der Waals surface area contributed by atoms with E-state index in [9.17, 15) is 0 Å². The first kappa shape index (κ1) is 18.7. The van der Waals surface area contributed by atoms with Gasteiger partial charge in [0.2, 0.25) is 0 Å². The molecule has 0 fully saturated rings. The van der Waals surface area contributed by atoms with E-state index in [0.29, 0.717) is 27.5 Å². The molecule has 0 radical (unpaired) electrons. The first-order valence-corrected chi connectivity index (χ1v) is 9.05. The maximum absolute atomic E-state index is 6.25. The Morgan fingerprint density at radius 2 is 1.88 bits per heavy atom. The van der Waals surface area contributed by atoms with Crippen molar-refractivity contribution in [3.05, 3.63) is 57.5 Å². The number of nitrogens with one attached hydrogen (secondary N) is 2. The van der Waals surface area contributed by atoms with Crippen LogP contribution in [0.5, 0.6) is 0 Å². The van der Waals surface area contributed by atoms with Crippen molar-refractivity contribution in [2.24, 2.45) is 7.05 Å². The lowest BCUT2D eigenvalue weighted by atomic mass is 10.2. The lowest BCUT2D eigenvalue weighted by molar-refractivity contribution is 0.668. The van der Waals surface area contributed by atoms with Crippen LogP contribution in [-0.2, 0) is 13.6 Å². The van der Waals surface area contributed by atoms with E-state index < -0.39 is 0 Å². The number of anilines is 2. The number of thiocarbonyl (C=S) groups is 1. The standard InChI is InChI=1S/C17H18Cl2N6S/c1-10-7-16(22-17(26)21-15-8-20-24(3)11(15)2)23-25(10)9-12-13(18)5-4-6-14(12)19/h4-8H,9H2,1-3H3,(H2,21,22,23,26). The molecular weight excluding hydrogens is 391 g/mol. The second-order valence-corrected chi connectivity index (χ2v) is 7.10. The fraction of sp³-hybridized carbons (Fsp3) is 0.235. The molecule has 0 amide bonds. The van der Waals surface area contributed by atoms with Crippen LogP contribution in [-0.4, -0.2) is 24.7 Å². The zero-order chi connectivity index (χ0) is 18.8. The monoisotopic (exact) mass is 408 g/mol. The summed E-state index contributed by atoms with van der Waals surface area (Å²) in [5, 5.41) is 16.6. The van der Waals surface area contributed by atoms with Crippen LogP contribution in [0.25, 0.3) is 0 Å². The average Bonchev–Trinajstić information content (AvgIpc) is 3.07. The molecule has 1 aromatic carbocycles. The van der Waals surface area contributed by atoms with Crippen molar-refractivity contribution in [1.29, 1.82) is 0 Å². The Labute approximate surface area is 167 Å². The topological polar surface area (TPSA) is 59.7 Å². The number of rotatable bonds is 4. The molecule has 2 heterocycles. The summed E-state index contributed by atoms with van der Waals surface area (Å²) in [5.74, 6) is 0.643. The highest BCUT2D eigenvalue weighted by molar-refractivity contribution is 7.80. The Balaban J connectivity index is 1.72. The van der Waals surface area contributed by atoms with E-state index in [-0.39, 0.29) is 0 Å². The van der Waals surface area contributed by atoms with Crippen LogP contribution in [0.15, 0.2) is 30.5 Å². The van der Waals surface area contributed by atoms with Crippen molar-refractivity contribution in [2.75, 3.05) is 10.6 Å². The average molecular weight is 409 g/mol. The van der Waals surface area contributed by atoms with Crippen molar-refractivity contribution in [1.82, 2.24) is 19.6 Å². The van der Waals surface area contributed by atoms with Crippen molar-refractivity contribution >= 4 is 52.0 Å². The number of aromatic nitrogens is 4. The molecule has 0 saturated carbocycles. The molecule has 9 heteroatoms. The lowest BCUT2D eigenvalue weighted by Gasteiger charge is -2.09. The number of nitrogens with zero attached hydrogens (tertiary/aromatic N) is 4. The zero-order valence-corrected chi connectivity index (χ0v) is 16.9. The van der Waals surface area contributed by atoms with Crippen LogP contribution in [0.3, 0.4) is 0 Å². The summed E-state index contributed by atoms with van der Waals surface area (Å²) in [7, 11) is 1.88. The Kier molecular flexibility index (Phi) is 5.50. The second kappa shape index (κ2) is 7.65. The summed E-state index contributed by atoms with van der Waals surface area (Å²) in [5.41, 5.74) is 3.64. The maximum Gasteiger partial charge on any atom is 0.176 e. The molecule has 3 aromatic rings. The molecular formula is C17H18Cl2N6S. The van der Waals surface area contributed by atoms with Gasteiger partial charge in [0.05, 0.1) is 24.1 Å². The van der Waals surface area contributed by atoms with Gasteiger partial charge in [-0.25, -0.2) is 0 Å². The van der Waals surface area contributed by atoms with Crippen molar-refractivity contribution in [3.8, 4) is 0 Å². The van der Waals surface area contributed by atoms with Crippen molar-refractivity contribution < 1.29 is 0 Å². The van der Waals surface area contributed by atoms with Gasteiger partial charge in [0.1, 0.15) is 0 Å². The minimum atomic E-state index is 0.446. The van der Waals surface area contributed by atoms with E-state index in [2.05, 4.69) is 20.8 Å². The first-order chi connectivity index (χ1) is 12.3. The Morgan fingerprint density at radius 3 is 2.50 bits per heavy atom. The fourth-order valence-electron chi connectivity index (χ4n) is 2.46. The molecule has 136 valence electrons. The summed E-state index contributed by atoms with van der Waals surface area (Å²) in [6.07, 6.45) is 1.73. The minimum absolute atomic E-state index is 0.446. The third kappa shape index (κ3) is 4.00. The molecule has 26 heavy (non-hydrogen) atoms. The number of hydrogen-bond donors (Lipinski definition) is 2. The van der Waals surface area contributed by atoms with E-state index in [1.54, 1.807) is 10.9 Å². The molecule has 3 rings (SSSR count). The molecule has 0 aliphatic rings. The van der Waals surface area contributed by atoms with E-state index in [1.165, 1.54) is 0 Å². The third-order valence-electron chi connectivity index (χ3n) is 4.08. The highest BCUT2D eigenvalue weighted by atomic mass is 35.5. The largest absolute Gasteiger partial charge is 0.330 e. The van der Waals surface area contributed by atoms with Gasteiger partial charge < -0.3 is 10.6 Å². The van der Waals surface area contributed by atoms with Crippen LogP contribution in [0.1, 0.15) is 17.0 Å². The lowest BCUT2D eigenvalue weighted by Crippen LogP contribution is -2.20. The number of halogens is 2.